The molecule has 2 aromatic rings. The number of hydrogen-bond donors (Lipinski definition) is 2. The van der Waals surface area contributed by atoms with Crippen molar-refractivity contribution in [2.24, 2.45) is 5.92 Å². The molecule has 2 aliphatic rings. The summed E-state index contributed by atoms with van der Waals surface area (Å²) in [6.45, 7) is 0. The number of carboxylic acids is 1. The number of anilines is 1. The molecule has 0 amide bonds. The second-order valence-electron chi connectivity index (χ2n) is 6.07. The minimum atomic E-state index is -0.970. The third-order valence-corrected chi connectivity index (χ3v) is 4.87. The first kappa shape index (κ1) is 14.0. The molecule has 2 aromatic carbocycles. The Morgan fingerprint density at radius 3 is 2.70 bits per heavy atom. The van der Waals surface area contributed by atoms with Gasteiger partial charge in [-0.15, -0.1) is 0 Å². The highest BCUT2D eigenvalue weighted by Crippen LogP contribution is 2.50. The van der Waals surface area contributed by atoms with Gasteiger partial charge in [-0.2, -0.15) is 0 Å². The maximum absolute atomic E-state index is 14.3. The number of rotatable bonds is 2. The molecule has 116 valence electrons. The first-order chi connectivity index (χ1) is 11.2. The number of allylic oxidation sites excluding steroid dienone is 2. The van der Waals surface area contributed by atoms with Crippen LogP contribution in [0.2, 0.25) is 0 Å². The topological polar surface area (TPSA) is 49.3 Å². The SMILES string of the molecule is O=C(O)c1cccc2c1N[C@H](c1ccccc1F)[C@H]1CC=C[C@@H]21. The zero-order valence-corrected chi connectivity index (χ0v) is 12.4. The summed E-state index contributed by atoms with van der Waals surface area (Å²) in [7, 11) is 0. The fourth-order valence-electron chi connectivity index (χ4n) is 3.83. The molecule has 0 fully saturated rings. The van der Waals surface area contributed by atoms with Gasteiger partial charge in [0.2, 0.25) is 0 Å². The van der Waals surface area contributed by atoms with Crippen LogP contribution in [0.25, 0.3) is 0 Å². The van der Waals surface area contributed by atoms with Gasteiger partial charge in [-0.25, -0.2) is 9.18 Å². The molecule has 0 radical (unpaired) electrons. The number of nitrogens with one attached hydrogen (secondary N) is 1. The third kappa shape index (κ3) is 2.13. The van der Waals surface area contributed by atoms with Gasteiger partial charge in [0.15, 0.2) is 0 Å². The van der Waals surface area contributed by atoms with Gasteiger partial charge in [0.05, 0.1) is 17.3 Å². The highest BCUT2D eigenvalue weighted by atomic mass is 19.1. The predicted molar refractivity (Wildman–Crippen MR) is 86.2 cm³/mol. The number of fused-ring (bicyclic) bond motifs is 3. The van der Waals surface area contributed by atoms with Crippen LogP contribution in [0.4, 0.5) is 10.1 Å². The number of benzene rings is 2. The maximum Gasteiger partial charge on any atom is 0.337 e. The Morgan fingerprint density at radius 2 is 1.91 bits per heavy atom. The average molecular weight is 309 g/mol. The molecule has 0 unspecified atom stereocenters. The van der Waals surface area contributed by atoms with E-state index >= 15 is 0 Å². The average Bonchev–Trinajstić information content (AvgIpc) is 3.04. The molecule has 0 saturated heterocycles. The standard InChI is InChI=1S/C19H16FNO2/c20-16-10-2-1-5-14(16)17-12-7-3-6-11(12)13-8-4-9-15(19(22)23)18(13)21-17/h1-6,8-12,17,21H,7H2,(H,22,23)/t11-,12+,17+/m1/s1. The summed E-state index contributed by atoms with van der Waals surface area (Å²) in [6.07, 6.45) is 5.07. The summed E-state index contributed by atoms with van der Waals surface area (Å²) in [6, 6.07) is 11.8. The van der Waals surface area contributed by atoms with E-state index in [9.17, 15) is 14.3 Å². The first-order valence-electron chi connectivity index (χ1n) is 7.70. The molecule has 1 heterocycles. The van der Waals surface area contributed by atoms with Gasteiger partial charge < -0.3 is 10.4 Å². The van der Waals surface area contributed by atoms with Crippen molar-refractivity contribution >= 4 is 11.7 Å². The summed E-state index contributed by atoms with van der Waals surface area (Å²) in [5.74, 6) is -0.910. The largest absolute Gasteiger partial charge is 0.478 e. The second kappa shape index (κ2) is 5.23. The van der Waals surface area contributed by atoms with Crippen LogP contribution < -0.4 is 5.32 Å². The highest BCUT2D eigenvalue weighted by Gasteiger charge is 2.40. The number of carboxylic acid groups (broad SMARTS) is 1. The van der Waals surface area contributed by atoms with E-state index in [0.29, 0.717) is 11.3 Å². The van der Waals surface area contributed by atoms with Crippen molar-refractivity contribution in [2.75, 3.05) is 5.32 Å². The van der Waals surface area contributed by atoms with E-state index in [1.54, 1.807) is 24.3 Å². The first-order valence-corrected chi connectivity index (χ1v) is 7.70. The Kier molecular flexibility index (Phi) is 3.18. The van der Waals surface area contributed by atoms with Crippen LogP contribution >= 0.6 is 0 Å². The zero-order chi connectivity index (χ0) is 16.0. The summed E-state index contributed by atoms with van der Waals surface area (Å²) in [5, 5.41) is 12.8. The summed E-state index contributed by atoms with van der Waals surface area (Å²) >= 11 is 0. The Hall–Kier alpha value is -2.62. The Balaban J connectivity index is 1.87. The van der Waals surface area contributed by atoms with Crippen LogP contribution in [-0.4, -0.2) is 11.1 Å². The van der Waals surface area contributed by atoms with Crippen LogP contribution in [-0.2, 0) is 0 Å². The quantitative estimate of drug-likeness (QED) is 0.811. The van der Waals surface area contributed by atoms with E-state index in [-0.39, 0.29) is 29.3 Å². The molecule has 23 heavy (non-hydrogen) atoms. The lowest BCUT2D eigenvalue weighted by atomic mass is 9.76. The van der Waals surface area contributed by atoms with Crippen LogP contribution in [0.15, 0.2) is 54.6 Å². The van der Waals surface area contributed by atoms with Gasteiger partial charge in [-0.3, -0.25) is 0 Å². The maximum atomic E-state index is 14.3. The summed E-state index contributed by atoms with van der Waals surface area (Å²) in [5.41, 5.74) is 2.43. The van der Waals surface area contributed by atoms with Crippen LogP contribution in [0.3, 0.4) is 0 Å². The lowest BCUT2D eigenvalue weighted by Gasteiger charge is -2.38. The second-order valence-corrected chi connectivity index (χ2v) is 6.07. The van der Waals surface area contributed by atoms with Crippen molar-refractivity contribution in [3.63, 3.8) is 0 Å². The highest BCUT2D eigenvalue weighted by molar-refractivity contribution is 5.95. The molecule has 1 aliphatic heterocycles. The molecule has 3 nitrogen and oxygen atoms in total. The number of aromatic carboxylic acids is 1. The van der Waals surface area contributed by atoms with Gasteiger partial charge in [0, 0.05) is 11.5 Å². The van der Waals surface area contributed by atoms with E-state index in [1.807, 2.05) is 12.1 Å². The van der Waals surface area contributed by atoms with Crippen LogP contribution in [0.1, 0.15) is 39.9 Å². The molecule has 0 aromatic heterocycles. The number of para-hydroxylation sites is 1. The normalized spacial score (nSPS) is 24.7. The van der Waals surface area contributed by atoms with Crippen molar-refractivity contribution in [2.45, 2.75) is 18.4 Å². The Bertz CT molecular complexity index is 815. The van der Waals surface area contributed by atoms with Crippen LogP contribution in [0, 0.1) is 11.7 Å². The molecule has 4 rings (SSSR count). The van der Waals surface area contributed by atoms with Crippen LogP contribution in [0.5, 0.6) is 0 Å². The van der Waals surface area contributed by atoms with E-state index in [1.165, 1.54) is 6.07 Å². The van der Waals surface area contributed by atoms with Crippen molar-refractivity contribution in [3.05, 3.63) is 77.1 Å². The molecule has 4 heteroatoms. The molecule has 3 atom stereocenters. The molecular formula is C19H16FNO2. The lowest BCUT2D eigenvalue weighted by molar-refractivity contribution is 0.0697. The Morgan fingerprint density at radius 1 is 1.13 bits per heavy atom. The molecule has 2 N–H and O–H groups in total. The minimum absolute atomic E-state index is 0.121. The summed E-state index contributed by atoms with van der Waals surface area (Å²) in [4.78, 5) is 11.5. The molecule has 0 bridgehead atoms. The van der Waals surface area contributed by atoms with Gasteiger partial charge >= 0.3 is 5.97 Å². The van der Waals surface area contributed by atoms with Gasteiger partial charge in [-0.1, -0.05) is 42.5 Å². The van der Waals surface area contributed by atoms with Gasteiger partial charge in [-0.05, 0) is 30.0 Å². The number of hydrogen-bond acceptors (Lipinski definition) is 2. The smallest absolute Gasteiger partial charge is 0.337 e. The monoisotopic (exact) mass is 309 g/mol. The van der Waals surface area contributed by atoms with E-state index in [0.717, 1.165) is 12.0 Å². The van der Waals surface area contributed by atoms with E-state index in [4.69, 9.17) is 0 Å². The third-order valence-electron chi connectivity index (χ3n) is 4.87. The molecule has 0 spiro atoms. The van der Waals surface area contributed by atoms with Crippen molar-refractivity contribution < 1.29 is 14.3 Å². The lowest BCUT2D eigenvalue weighted by Crippen LogP contribution is -2.30. The Labute approximate surface area is 133 Å². The van der Waals surface area contributed by atoms with Crippen molar-refractivity contribution in [1.82, 2.24) is 0 Å². The van der Waals surface area contributed by atoms with Gasteiger partial charge in [0.1, 0.15) is 5.82 Å². The van der Waals surface area contributed by atoms with Crippen molar-refractivity contribution in [1.29, 1.82) is 0 Å². The van der Waals surface area contributed by atoms with Crippen molar-refractivity contribution in [3.8, 4) is 0 Å². The molecular weight excluding hydrogens is 293 g/mol. The number of halogens is 1. The van der Waals surface area contributed by atoms with Gasteiger partial charge in [0.25, 0.3) is 0 Å². The minimum Gasteiger partial charge on any atom is -0.478 e. The predicted octanol–water partition coefficient (Wildman–Crippen LogP) is 4.35. The number of carbonyl (C=O) groups is 1. The fraction of sp³-hybridized carbons (Fsp3) is 0.211. The molecule has 0 saturated carbocycles. The molecule has 1 aliphatic carbocycles. The van der Waals surface area contributed by atoms with E-state index < -0.39 is 5.97 Å². The van der Waals surface area contributed by atoms with E-state index in [2.05, 4.69) is 17.5 Å². The zero-order valence-electron chi connectivity index (χ0n) is 12.4. The fourth-order valence-corrected chi connectivity index (χ4v) is 3.83. The summed E-state index contributed by atoms with van der Waals surface area (Å²) < 4.78 is 14.3.